The maximum absolute atomic E-state index is 13.5. The van der Waals surface area contributed by atoms with Crippen LogP contribution in [0.1, 0.15) is 36.8 Å². The fraction of sp³-hybridized carbons (Fsp3) is 0.250. The second kappa shape index (κ2) is 6.87. The van der Waals surface area contributed by atoms with E-state index in [0.717, 1.165) is 12.0 Å². The van der Waals surface area contributed by atoms with E-state index in [2.05, 4.69) is 18.3 Å². The first-order valence-corrected chi connectivity index (χ1v) is 8.03. The second-order valence-corrected chi connectivity index (χ2v) is 6.01. The van der Waals surface area contributed by atoms with Crippen LogP contribution in [0.4, 0.5) is 10.1 Å². The maximum atomic E-state index is 13.5. The zero-order valence-corrected chi connectivity index (χ0v) is 13.8. The number of hydrogen-bond acceptors (Lipinski definition) is 3. The number of rotatable bonds is 3. The highest BCUT2D eigenvalue weighted by molar-refractivity contribution is 6.00. The number of carbonyl (C=O) groups is 1. The van der Waals surface area contributed by atoms with Crippen molar-refractivity contribution in [2.75, 3.05) is 12.4 Å². The average molecular weight is 325 g/mol. The molecule has 0 bridgehead atoms. The van der Waals surface area contributed by atoms with Gasteiger partial charge >= 0.3 is 5.97 Å². The lowest BCUT2D eigenvalue weighted by Gasteiger charge is -2.17. The predicted molar refractivity (Wildman–Crippen MR) is 93.0 cm³/mol. The Bertz CT molecular complexity index is 798. The lowest BCUT2D eigenvalue weighted by molar-refractivity contribution is -0.136. The molecular weight excluding hydrogens is 305 g/mol. The number of carbonyl (C=O) groups excluding carboxylic acids is 1. The molecule has 0 aliphatic heterocycles. The van der Waals surface area contributed by atoms with Crippen LogP contribution in [0, 0.1) is 5.82 Å². The molecule has 0 radical (unpaired) electrons. The van der Waals surface area contributed by atoms with Gasteiger partial charge in [0.25, 0.3) is 0 Å². The highest BCUT2D eigenvalue weighted by Crippen LogP contribution is 2.37. The Kier molecular flexibility index (Phi) is 4.65. The highest BCUT2D eigenvalue weighted by atomic mass is 19.1. The van der Waals surface area contributed by atoms with E-state index in [1.54, 1.807) is 12.1 Å². The Morgan fingerprint density at radius 1 is 1.21 bits per heavy atom. The quantitative estimate of drug-likeness (QED) is 0.830. The number of ether oxygens (including phenoxy) is 1. The summed E-state index contributed by atoms with van der Waals surface area (Å²) in [6, 6.07) is 14.2. The van der Waals surface area contributed by atoms with Crippen LogP contribution in [0.15, 0.2) is 54.1 Å². The van der Waals surface area contributed by atoms with Crippen LogP contribution >= 0.6 is 0 Å². The zero-order valence-electron chi connectivity index (χ0n) is 13.8. The van der Waals surface area contributed by atoms with E-state index in [0.29, 0.717) is 29.3 Å². The number of nitrogens with one attached hydrogen (secondary N) is 1. The van der Waals surface area contributed by atoms with Crippen LogP contribution in [0.3, 0.4) is 0 Å². The van der Waals surface area contributed by atoms with Gasteiger partial charge in [0.1, 0.15) is 5.82 Å². The zero-order chi connectivity index (χ0) is 17.1. The van der Waals surface area contributed by atoms with Crippen molar-refractivity contribution in [3.63, 3.8) is 0 Å². The normalized spacial score (nSPS) is 17.0. The van der Waals surface area contributed by atoms with Crippen LogP contribution in [0.25, 0.3) is 5.70 Å². The molecule has 1 N–H and O–H groups in total. The summed E-state index contributed by atoms with van der Waals surface area (Å²) < 4.78 is 18.5. The van der Waals surface area contributed by atoms with Gasteiger partial charge in [-0.3, -0.25) is 0 Å². The van der Waals surface area contributed by atoms with Gasteiger partial charge < -0.3 is 10.1 Å². The summed E-state index contributed by atoms with van der Waals surface area (Å²) in [5, 5.41) is 3.24. The van der Waals surface area contributed by atoms with E-state index in [4.69, 9.17) is 4.74 Å². The van der Waals surface area contributed by atoms with Crippen molar-refractivity contribution in [1.29, 1.82) is 0 Å². The molecular formula is C20H20FNO2. The van der Waals surface area contributed by atoms with Gasteiger partial charge in [-0.15, -0.1) is 0 Å². The first-order valence-electron chi connectivity index (χ1n) is 8.03. The van der Waals surface area contributed by atoms with Crippen LogP contribution < -0.4 is 5.32 Å². The molecule has 2 aromatic rings. The highest BCUT2D eigenvalue weighted by Gasteiger charge is 2.25. The lowest BCUT2D eigenvalue weighted by Crippen LogP contribution is -2.11. The number of benzene rings is 2. The molecule has 1 aliphatic carbocycles. The van der Waals surface area contributed by atoms with Gasteiger partial charge in [0.2, 0.25) is 0 Å². The molecule has 0 amide bonds. The van der Waals surface area contributed by atoms with Crippen LogP contribution in [-0.4, -0.2) is 13.1 Å². The molecule has 0 saturated carbocycles. The van der Waals surface area contributed by atoms with Crippen molar-refractivity contribution >= 4 is 17.4 Å². The third-order valence-electron chi connectivity index (χ3n) is 4.42. The lowest BCUT2D eigenvalue weighted by atomic mass is 9.94. The summed E-state index contributed by atoms with van der Waals surface area (Å²) in [5.74, 6) is -0.346. The molecule has 3 nitrogen and oxygen atoms in total. The van der Waals surface area contributed by atoms with Crippen molar-refractivity contribution in [2.45, 2.75) is 25.7 Å². The van der Waals surface area contributed by atoms with Crippen LogP contribution in [-0.2, 0) is 9.53 Å². The Balaban J connectivity index is 2.14. The molecule has 0 spiro atoms. The Labute approximate surface area is 141 Å². The van der Waals surface area contributed by atoms with Crippen molar-refractivity contribution in [3.05, 3.63) is 71.0 Å². The van der Waals surface area contributed by atoms with Gasteiger partial charge in [-0.05, 0) is 42.5 Å². The average Bonchev–Trinajstić information content (AvgIpc) is 2.73. The molecule has 0 aromatic heterocycles. The summed E-state index contributed by atoms with van der Waals surface area (Å²) in [6.45, 7) is 2.15. The molecule has 1 aliphatic rings. The fourth-order valence-corrected chi connectivity index (χ4v) is 3.14. The third-order valence-corrected chi connectivity index (χ3v) is 4.42. The minimum atomic E-state index is -0.349. The third kappa shape index (κ3) is 3.18. The Morgan fingerprint density at radius 2 is 2.00 bits per heavy atom. The summed E-state index contributed by atoms with van der Waals surface area (Å²) >= 11 is 0. The van der Waals surface area contributed by atoms with Gasteiger partial charge in [0.15, 0.2) is 0 Å². The number of halogens is 1. The molecule has 124 valence electrons. The Hall–Kier alpha value is -2.62. The van der Waals surface area contributed by atoms with E-state index < -0.39 is 0 Å². The second-order valence-electron chi connectivity index (χ2n) is 6.01. The SMILES string of the molecule is COC(=O)C1=C(Nc2cccc(F)c2)c2ccccc2C(C)CC1. The molecule has 24 heavy (non-hydrogen) atoms. The fourth-order valence-electron chi connectivity index (χ4n) is 3.14. The van der Waals surface area contributed by atoms with Gasteiger partial charge in [-0.1, -0.05) is 37.3 Å². The minimum absolute atomic E-state index is 0.324. The standard InChI is InChI=1S/C20H20FNO2/c1-13-10-11-18(20(23)24-2)19(17-9-4-3-8-16(13)17)22-15-7-5-6-14(21)12-15/h3-9,12-13,22H,10-11H2,1-2H3. The molecule has 0 heterocycles. The van der Waals surface area contributed by atoms with Gasteiger partial charge in [0, 0.05) is 11.3 Å². The predicted octanol–water partition coefficient (Wildman–Crippen LogP) is 4.72. The first kappa shape index (κ1) is 16.2. The van der Waals surface area contributed by atoms with Crippen LogP contribution in [0.5, 0.6) is 0 Å². The number of hydrogen-bond donors (Lipinski definition) is 1. The van der Waals surface area contributed by atoms with Gasteiger partial charge in [-0.25, -0.2) is 9.18 Å². The van der Waals surface area contributed by atoms with E-state index in [9.17, 15) is 9.18 Å². The molecule has 0 saturated heterocycles. The minimum Gasteiger partial charge on any atom is -0.466 e. The topological polar surface area (TPSA) is 38.3 Å². The Morgan fingerprint density at radius 3 is 2.75 bits per heavy atom. The largest absolute Gasteiger partial charge is 0.466 e. The first-order chi connectivity index (χ1) is 11.6. The summed E-state index contributed by atoms with van der Waals surface area (Å²) in [6.07, 6.45) is 1.47. The monoisotopic (exact) mass is 325 g/mol. The van der Waals surface area contributed by atoms with E-state index in [1.165, 1.54) is 24.8 Å². The summed E-state index contributed by atoms with van der Waals surface area (Å²) in [4.78, 5) is 12.3. The van der Waals surface area contributed by atoms with Crippen molar-refractivity contribution in [2.24, 2.45) is 0 Å². The number of anilines is 1. The maximum Gasteiger partial charge on any atom is 0.335 e. The molecule has 4 heteroatoms. The van der Waals surface area contributed by atoms with E-state index in [1.807, 2.05) is 18.2 Å². The molecule has 0 fully saturated rings. The van der Waals surface area contributed by atoms with Crippen molar-refractivity contribution in [1.82, 2.24) is 0 Å². The number of methoxy groups -OCH3 is 1. The smallest absolute Gasteiger partial charge is 0.335 e. The molecule has 1 atom stereocenters. The van der Waals surface area contributed by atoms with E-state index in [-0.39, 0.29) is 11.8 Å². The number of fused-ring (bicyclic) bond motifs is 1. The molecule has 3 rings (SSSR count). The van der Waals surface area contributed by atoms with Gasteiger partial charge in [0.05, 0.1) is 18.4 Å². The summed E-state index contributed by atoms with van der Waals surface area (Å²) in [5.41, 5.74) is 4.05. The van der Waals surface area contributed by atoms with Crippen molar-refractivity contribution in [3.8, 4) is 0 Å². The van der Waals surface area contributed by atoms with Gasteiger partial charge in [-0.2, -0.15) is 0 Å². The summed E-state index contributed by atoms with van der Waals surface area (Å²) in [7, 11) is 1.38. The number of esters is 1. The molecule has 2 aromatic carbocycles. The van der Waals surface area contributed by atoms with E-state index >= 15 is 0 Å². The van der Waals surface area contributed by atoms with Crippen LogP contribution in [0.2, 0.25) is 0 Å². The van der Waals surface area contributed by atoms with Crippen molar-refractivity contribution < 1.29 is 13.9 Å². The molecule has 1 unspecified atom stereocenters.